The Labute approximate surface area is 61.6 Å². The summed E-state index contributed by atoms with van der Waals surface area (Å²) >= 11 is 0. The summed E-state index contributed by atoms with van der Waals surface area (Å²) in [6, 6.07) is 0. The normalized spacial score (nSPS) is 19.3. The van der Waals surface area contributed by atoms with Crippen LogP contribution in [0, 0.1) is 5.92 Å². The van der Waals surface area contributed by atoms with Crippen LogP contribution in [0.4, 0.5) is 0 Å². The van der Waals surface area contributed by atoms with Crippen molar-refractivity contribution in [1.82, 2.24) is 9.80 Å². The molecule has 0 saturated carbocycles. The molecule has 0 aromatic carbocycles. The van der Waals surface area contributed by atoms with E-state index in [2.05, 4.69) is 19.0 Å². The predicted octanol–water partition coefficient (Wildman–Crippen LogP) is -0.364. The van der Waals surface area contributed by atoms with Crippen LogP contribution in [0.1, 0.15) is 0 Å². The second-order valence-corrected chi connectivity index (χ2v) is 3.19. The molecule has 1 amide bonds. The smallest absolute Gasteiger partial charge is 0.209 e. The van der Waals surface area contributed by atoms with Gasteiger partial charge in [-0.2, -0.15) is 0 Å². The van der Waals surface area contributed by atoms with E-state index >= 15 is 0 Å². The van der Waals surface area contributed by atoms with Crippen molar-refractivity contribution >= 4 is 6.41 Å². The number of nitrogens with zero attached hydrogens (tertiary/aromatic N) is 2. The molecule has 1 fully saturated rings. The summed E-state index contributed by atoms with van der Waals surface area (Å²) in [4.78, 5) is 14.1. The van der Waals surface area contributed by atoms with Gasteiger partial charge in [-0.15, -0.1) is 0 Å². The molecule has 1 saturated heterocycles. The van der Waals surface area contributed by atoms with Crippen molar-refractivity contribution in [3.8, 4) is 0 Å². The van der Waals surface area contributed by atoms with Gasteiger partial charge in [0.05, 0.1) is 0 Å². The molecule has 0 bridgehead atoms. The minimum absolute atomic E-state index is 0.709. The van der Waals surface area contributed by atoms with Crippen molar-refractivity contribution in [1.29, 1.82) is 0 Å². The second kappa shape index (κ2) is 3.01. The highest BCUT2D eigenvalue weighted by atomic mass is 16.1. The fourth-order valence-corrected chi connectivity index (χ4v) is 1.33. The van der Waals surface area contributed by atoms with E-state index in [1.165, 1.54) is 0 Å². The first kappa shape index (κ1) is 7.54. The SMILES string of the molecule is CN(C)CC1CN(C=O)C1. The van der Waals surface area contributed by atoms with Crippen LogP contribution >= 0.6 is 0 Å². The van der Waals surface area contributed by atoms with Crippen LogP contribution < -0.4 is 0 Å². The predicted molar refractivity (Wildman–Crippen MR) is 39.7 cm³/mol. The van der Waals surface area contributed by atoms with Crippen LogP contribution in [-0.4, -0.2) is 49.9 Å². The maximum absolute atomic E-state index is 10.1. The molecule has 0 aromatic heterocycles. The zero-order valence-electron chi connectivity index (χ0n) is 6.58. The van der Waals surface area contributed by atoms with Gasteiger partial charge in [-0.25, -0.2) is 0 Å². The number of hydrogen-bond donors (Lipinski definition) is 0. The quantitative estimate of drug-likeness (QED) is 0.502. The number of likely N-dealkylation sites (tertiary alicyclic amines) is 1. The Kier molecular flexibility index (Phi) is 2.27. The zero-order valence-corrected chi connectivity index (χ0v) is 6.58. The number of carbonyl (C=O) groups is 1. The summed E-state index contributed by atoms with van der Waals surface area (Å²) in [5.74, 6) is 0.709. The zero-order chi connectivity index (χ0) is 7.56. The largest absolute Gasteiger partial charge is 0.344 e. The van der Waals surface area contributed by atoms with Gasteiger partial charge in [0, 0.05) is 25.6 Å². The summed E-state index contributed by atoms with van der Waals surface area (Å²) in [7, 11) is 4.12. The van der Waals surface area contributed by atoms with Gasteiger partial charge in [-0.3, -0.25) is 4.79 Å². The van der Waals surface area contributed by atoms with Crippen molar-refractivity contribution in [3.63, 3.8) is 0 Å². The first-order chi connectivity index (χ1) is 4.72. The Morgan fingerprint density at radius 2 is 2.20 bits per heavy atom. The van der Waals surface area contributed by atoms with Crippen molar-refractivity contribution in [2.24, 2.45) is 5.92 Å². The Morgan fingerprint density at radius 3 is 2.60 bits per heavy atom. The Hall–Kier alpha value is -0.570. The molecule has 0 radical (unpaired) electrons. The molecule has 0 atom stereocenters. The maximum atomic E-state index is 10.1. The average Bonchev–Trinajstić information content (AvgIpc) is 1.76. The second-order valence-electron chi connectivity index (χ2n) is 3.19. The van der Waals surface area contributed by atoms with Gasteiger partial charge < -0.3 is 9.80 Å². The van der Waals surface area contributed by atoms with Gasteiger partial charge in [0.15, 0.2) is 0 Å². The van der Waals surface area contributed by atoms with E-state index in [0.29, 0.717) is 5.92 Å². The van der Waals surface area contributed by atoms with Gasteiger partial charge in [-0.1, -0.05) is 0 Å². The molecule has 0 unspecified atom stereocenters. The summed E-state index contributed by atoms with van der Waals surface area (Å²) in [6.45, 7) is 2.99. The van der Waals surface area contributed by atoms with E-state index in [4.69, 9.17) is 0 Å². The van der Waals surface area contributed by atoms with Crippen molar-refractivity contribution < 1.29 is 4.79 Å². The fraction of sp³-hybridized carbons (Fsp3) is 0.857. The average molecular weight is 142 g/mol. The van der Waals surface area contributed by atoms with Crippen molar-refractivity contribution in [2.75, 3.05) is 33.7 Å². The molecule has 0 N–H and O–H groups in total. The van der Waals surface area contributed by atoms with E-state index in [9.17, 15) is 4.79 Å². The lowest BCUT2D eigenvalue weighted by atomic mass is 10.0. The summed E-state index contributed by atoms with van der Waals surface area (Å²) in [6.07, 6.45) is 0.923. The summed E-state index contributed by atoms with van der Waals surface area (Å²) in [5, 5.41) is 0. The molecule has 0 aromatic rings. The third kappa shape index (κ3) is 1.70. The lowest BCUT2D eigenvalue weighted by molar-refractivity contribution is -0.124. The van der Waals surface area contributed by atoms with Crippen LogP contribution in [0.25, 0.3) is 0 Å². The highest BCUT2D eigenvalue weighted by molar-refractivity contribution is 5.48. The molecule has 58 valence electrons. The molecule has 1 rings (SSSR count). The third-order valence-corrected chi connectivity index (χ3v) is 1.76. The van der Waals surface area contributed by atoms with Gasteiger partial charge in [0.1, 0.15) is 0 Å². The number of amides is 1. The molecule has 1 heterocycles. The first-order valence-corrected chi connectivity index (χ1v) is 3.56. The number of carbonyl (C=O) groups excluding carboxylic acids is 1. The van der Waals surface area contributed by atoms with Gasteiger partial charge in [0.2, 0.25) is 6.41 Å². The third-order valence-electron chi connectivity index (χ3n) is 1.76. The Morgan fingerprint density at radius 1 is 1.60 bits per heavy atom. The lowest BCUT2D eigenvalue weighted by Gasteiger charge is -2.37. The lowest BCUT2D eigenvalue weighted by Crippen LogP contribution is -2.49. The summed E-state index contributed by atoms with van der Waals surface area (Å²) < 4.78 is 0. The topological polar surface area (TPSA) is 23.6 Å². The van der Waals surface area contributed by atoms with Crippen LogP contribution in [0.2, 0.25) is 0 Å². The molecule has 0 spiro atoms. The van der Waals surface area contributed by atoms with Gasteiger partial charge in [-0.05, 0) is 14.1 Å². The maximum Gasteiger partial charge on any atom is 0.209 e. The molecule has 3 nitrogen and oxygen atoms in total. The molecule has 10 heavy (non-hydrogen) atoms. The van der Waals surface area contributed by atoms with E-state index < -0.39 is 0 Å². The van der Waals surface area contributed by atoms with E-state index in [0.717, 1.165) is 26.0 Å². The molecule has 0 aliphatic carbocycles. The van der Waals surface area contributed by atoms with E-state index in [1.807, 2.05) is 0 Å². The highest BCUT2D eigenvalue weighted by Gasteiger charge is 2.24. The molecule has 1 aliphatic heterocycles. The van der Waals surface area contributed by atoms with Gasteiger partial charge in [0.25, 0.3) is 0 Å². The molecular formula is C7H14N2O. The fourth-order valence-electron chi connectivity index (χ4n) is 1.33. The molecule has 3 heteroatoms. The van der Waals surface area contributed by atoms with Crippen molar-refractivity contribution in [3.05, 3.63) is 0 Å². The van der Waals surface area contributed by atoms with Crippen LogP contribution in [0.3, 0.4) is 0 Å². The van der Waals surface area contributed by atoms with Crippen LogP contribution in [0.15, 0.2) is 0 Å². The van der Waals surface area contributed by atoms with Crippen molar-refractivity contribution in [2.45, 2.75) is 0 Å². The van der Waals surface area contributed by atoms with Gasteiger partial charge >= 0.3 is 0 Å². The van der Waals surface area contributed by atoms with E-state index in [-0.39, 0.29) is 0 Å². The van der Waals surface area contributed by atoms with Crippen LogP contribution in [0.5, 0.6) is 0 Å². The monoisotopic (exact) mass is 142 g/mol. The molecular weight excluding hydrogens is 128 g/mol. The minimum Gasteiger partial charge on any atom is -0.344 e. The minimum atomic E-state index is 0.709. The standard InChI is InChI=1S/C7H14N2O/c1-8(2)3-7-4-9(5-7)6-10/h6-7H,3-5H2,1-2H3. The first-order valence-electron chi connectivity index (χ1n) is 3.56. The number of hydrogen-bond acceptors (Lipinski definition) is 2. The Balaban J connectivity index is 2.08. The number of rotatable bonds is 3. The Bertz CT molecular complexity index is 119. The highest BCUT2D eigenvalue weighted by Crippen LogP contribution is 2.12. The molecule has 1 aliphatic rings. The van der Waals surface area contributed by atoms with Crippen LogP contribution in [-0.2, 0) is 4.79 Å². The van der Waals surface area contributed by atoms with E-state index in [1.54, 1.807) is 4.90 Å². The summed E-state index contributed by atoms with van der Waals surface area (Å²) in [5.41, 5.74) is 0.